The van der Waals surface area contributed by atoms with Crippen LogP contribution in [0.15, 0.2) is 36.4 Å². The van der Waals surface area contributed by atoms with E-state index in [0.717, 1.165) is 16.5 Å². The summed E-state index contributed by atoms with van der Waals surface area (Å²) in [6.07, 6.45) is -0.622. The van der Waals surface area contributed by atoms with E-state index >= 15 is 0 Å². The highest BCUT2D eigenvalue weighted by Gasteiger charge is 2.33. The number of aromatic hydroxyl groups is 1. The minimum absolute atomic E-state index is 0.227. The molecule has 1 saturated heterocycles. The molecular weight excluding hydrogens is 294 g/mol. The molecule has 1 N–H and O–H groups in total. The predicted octanol–water partition coefficient (Wildman–Crippen LogP) is 3.69. The summed E-state index contributed by atoms with van der Waals surface area (Å²) < 4.78 is 11.1. The van der Waals surface area contributed by atoms with Crippen LogP contribution in [0.3, 0.4) is 0 Å². The largest absolute Gasteiger partial charge is 0.508 e. The van der Waals surface area contributed by atoms with Gasteiger partial charge in [0.2, 0.25) is 0 Å². The zero-order valence-corrected chi connectivity index (χ0v) is 13.6. The number of ether oxygens (including phenoxy) is 2. The summed E-state index contributed by atoms with van der Waals surface area (Å²) in [5.74, 6) is 0.227. The Balaban J connectivity index is 1.76. The SMILES string of the molecule is CC(C)(C)OCC1CN(c2ccc3cc(O)ccc3c2)C(=O)O1. The number of benzene rings is 2. The number of phenolic OH excluding ortho intramolecular Hbond substituents is 1. The van der Waals surface area contributed by atoms with Crippen molar-refractivity contribution in [2.45, 2.75) is 32.5 Å². The average molecular weight is 315 g/mol. The van der Waals surface area contributed by atoms with Gasteiger partial charge >= 0.3 is 6.09 Å². The highest BCUT2D eigenvalue weighted by atomic mass is 16.6. The lowest BCUT2D eigenvalue weighted by atomic mass is 10.1. The quantitative estimate of drug-likeness (QED) is 0.938. The molecule has 1 unspecified atom stereocenters. The van der Waals surface area contributed by atoms with E-state index in [9.17, 15) is 9.90 Å². The zero-order chi connectivity index (χ0) is 16.6. The fraction of sp³-hybridized carbons (Fsp3) is 0.389. The van der Waals surface area contributed by atoms with E-state index in [1.165, 1.54) is 0 Å². The number of rotatable bonds is 3. The topological polar surface area (TPSA) is 59.0 Å². The van der Waals surface area contributed by atoms with Crippen molar-refractivity contribution in [2.24, 2.45) is 0 Å². The molecule has 1 amide bonds. The Morgan fingerprint density at radius 2 is 1.91 bits per heavy atom. The normalized spacial score (nSPS) is 18.5. The van der Waals surface area contributed by atoms with Gasteiger partial charge in [-0.1, -0.05) is 12.1 Å². The van der Waals surface area contributed by atoms with Crippen LogP contribution in [0.4, 0.5) is 10.5 Å². The molecule has 1 aliphatic rings. The summed E-state index contributed by atoms with van der Waals surface area (Å²) in [5, 5.41) is 11.4. The van der Waals surface area contributed by atoms with Crippen molar-refractivity contribution in [1.29, 1.82) is 0 Å². The standard InChI is InChI=1S/C18H21NO4/c1-18(2,3)22-11-16-10-19(17(21)23-16)14-6-4-13-9-15(20)7-5-12(13)8-14/h4-9,16,20H,10-11H2,1-3H3. The molecule has 0 radical (unpaired) electrons. The number of carbonyl (C=O) groups excluding carboxylic acids is 1. The Morgan fingerprint density at radius 1 is 1.22 bits per heavy atom. The molecule has 5 heteroatoms. The van der Waals surface area contributed by atoms with Gasteiger partial charge in [0.15, 0.2) is 0 Å². The van der Waals surface area contributed by atoms with Crippen LogP contribution in [0.2, 0.25) is 0 Å². The van der Waals surface area contributed by atoms with E-state index in [1.807, 2.05) is 45.0 Å². The van der Waals surface area contributed by atoms with E-state index in [0.29, 0.717) is 13.2 Å². The number of anilines is 1. The Hall–Kier alpha value is -2.27. The van der Waals surface area contributed by atoms with E-state index in [1.54, 1.807) is 17.0 Å². The third-order valence-corrected chi connectivity index (χ3v) is 3.70. The lowest BCUT2D eigenvalue weighted by molar-refractivity contribution is -0.0408. The van der Waals surface area contributed by atoms with Crippen LogP contribution >= 0.6 is 0 Å². The highest BCUT2D eigenvalue weighted by Crippen LogP contribution is 2.28. The number of cyclic esters (lactones) is 1. The van der Waals surface area contributed by atoms with E-state index in [-0.39, 0.29) is 23.5 Å². The van der Waals surface area contributed by atoms with Crippen LogP contribution in [0.1, 0.15) is 20.8 Å². The van der Waals surface area contributed by atoms with Crippen molar-refractivity contribution >= 4 is 22.6 Å². The Morgan fingerprint density at radius 3 is 2.65 bits per heavy atom. The number of carbonyl (C=O) groups is 1. The van der Waals surface area contributed by atoms with Crippen LogP contribution in [-0.2, 0) is 9.47 Å². The molecule has 1 fully saturated rings. The second-order valence-electron chi connectivity index (χ2n) is 6.76. The minimum Gasteiger partial charge on any atom is -0.508 e. The van der Waals surface area contributed by atoms with Gasteiger partial charge in [0.25, 0.3) is 0 Å². The number of fused-ring (bicyclic) bond motifs is 1. The highest BCUT2D eigenvalue weighted by molar-refractivity contribution is 5.94. The number of hydrogen-bond donors (Lipinski definition) is 1. The number of hydrogen-bond acceptors (Lipinski definition) is 4. The number of nitrogens with zero attached hydrogens (tertiary/aromatic N) is 1. The Bertz CT molecular complexity index is 735. The van der Waals surface area contributed by atoms with E-state index in [2.05, 4.69) is 0 Å². The van der Waals surface area contributed by atoms with Gasteiger partial charge in [0.1, 0.15) is 11.9 Å². The van der Waals surface area contributed by atoms with E-state index in [4.69, 9.17) is 9.47 Å². The molecule has 0 saturated carbocycles. The van der Waals surface area contributed by atoms with Crippen LogP contribution in [-0.4, -0.2) is 36.1 Å². The molecule has 122 valence electrons. The van der Waals surface area contributed by atoms with Crippen LogP contribution in [0.25, 0.3) is 10.8 Å². The van der Waals surface area contributed by atoms with Gasteiger partial charge in [-0.25, -0.2) is 4.79 Å². The molecule has 2 aromatic carbocycles. The summed E-state index contributed by atoms with van der Waals surface area (Å²) in [6.45, 7) is 6.77. The van der Waals surface area contributed by atoms with Crippen molar-refractivity contribution in [3.05, 3.63) is 36.4 Å². The molecule has 2 aromatic rings. The van der Waals surface area contributed by atoms with Gasteiger partial charge < -0.3 is 14.6 Å². The maximum atomic E-state index is 12.1. The first kappa shape index (κ1) is 15.6. The summed E-state index contributed by atoms with van der Waals surface area (Å²) in [7, 11) is 0. The molecule has 1 atom stereocenters. The predicted molar refractivity (Wildman–Crippen MR) is 88.9 cm³/mol. The molecular formula is C18H21NO4. The molecule has 0 aromatic heterocycles. The monoisotopic (exact) mass is 315 g/mol. The molecule has 0 aliphatic carbocycles. The smallest absolute Gasteiger partial charge is 0.414 e. The van der Waals surface area contributed by atoms with Crippen molar-refractivity contribution in [1.82, 2.24) is 0 Å². The molecule has 5 nitrogen and oxygen atoms in total. The number of phenols is 1. The molecule has 0 bridgehead atoms. The third-order valence-electron chi connectivity index (χ3n) is 3.70. The first-order chi connectivity index (χ1) is 10.8. The van der Waals surface area contributed by atoms with Crippen LogP contribution in [0.5, 0.6) is 5.75 Å². The van der Waals surface area contributed by atoms with Crippen molar-refractivity contribution in [3.63, 3.8) is 0 Å². The van der Waals surface area contributed by atoms with Gasteiger partial charge in [-0.2, -0.15) is 0 Å². The first-order valence-corrected chi connectivity index (χ1v) is 7.67. The zero-order valence-electron chi connectivity index (χ0n) is 13.6. The molecule has 1 heterocycles. The van der Waals surface area contributed by atoms with Crippen molar-refractivity contribution in [2.75, 3.05) is 18.1 Å². The number of amides is 1. The average Bonchev–Trinajstić information content (AvgIpc) is 2.85. The molecule has 3 rings (SSSR count). The van der Waals surface area contributed by atoms with Gasteiger partial charge in [0, 0.05) is 5.69 Å². The summed E-state index contributed by atoms with van der Waals surface area (Å²) in [5.41, 5.74) is 0.525. The second-order valence-corrected chi connectivity index (χ2v) is 6.76. The van der Waals surface area contributed by atoms with E-state index < -0.39 is 0 Å². The Kier molecular flexibility index (Phi) is 3.90. The van der Waals surface area contributed by atoms with Crippen LogP contribution in [0, 0.1) is 0 Å². The molecule has 1 aliphatic heterocycles. The summed E-state index contributed by atoms with van der Waals surface area (Å²) in [4.78, 5) is 13.7. The Labute approximate surface area is 135 Å². The maximum absolute atomic E-state index is 12.1. The summed E-state index contributed by atoms with van der Waals surface area (Å²) in [6, 6.07) is 10.8. The first-order valence-electron chi connectivity index (χ1n) is 7.67. The second kappa shape index (κ2) is 5.74. The summed E-state index contributed by atoms with van der Waals surface area (Å²) >= 11 is 0. The lowest BCUT2D eigenvalue weighted by Gasteiger charge is -2.21. The lowest BCUT2D eigenvalue weighted by Crippen LogP contribution is -2.29. The van der Waals surface area contributed by atoms with Gasteiger partial charge in [-0.05, 0) is 55.8 Å². The molecule has 0 spiro atoms. The van der Waals surface area contributed by atoms with Crippen molar-refractivity contribution in [3.8, 4) is 5.75 Å². The van der Waals surface area contributed by atoms with Gasteiger partial charge in [-0.15, -0.1) is 0 Å². The fourth-order valence-electron chi connectivity index (χ4n) is 2.55. The molecule has 23 heavy (non-hydrogen) atoms. The maximum Gasteiger partial charge on any atom is 0.414 e. The van der Waals surface area contributed by atoms with Crippen LogP contribution < -0.4 is 4.90 Å². The minimum atomic E-state index is -0.356. The van der Waals surface area contributed by atoms with Crippen molar-refractivity contribution < 1.29 is 19.4 Å². The third kappa shape index (κ3) is 3.56. The fourth-order valence-corrected chi connectivity index (χ4v) is 2.55. The van der Waals surface area contributed by atoms with Gasteiger partial charge in [-0.3, -0.25) is 4.90 Å². The van der Waals surface area contributed by atoms with Gasteiger partial charge in [0.05, 0.1) is 18.8 Å².